The molecule has 0 bridgehead atoms. The third kappa shape index (κ3) is 3.02. The summed E-state index contributed by atoms with van der Waals surface area (Å²) in [6.45, 7) is 11.2. The van der Waals surface area contributed by atoms with Crippen LogP contribution in [0.2, 0.25) is 0 Å². The number of hydrogen-bond acceptors (Lipinski definition) is 2. The highest BCUT2D eigenvalue weighted by Gasteiger charge is 2.24. The number of nitrogens with one attached hydrogen (secondary N) is 1. The summed E-state index contributed by atoms with van der Waals surface area (Å²) in [5, 5.41) is 0. The molecule has 1 fully saturated rings. The van der Waals surface area contributed by atoms with Gasteiger partial charge in [-0.3, -0.25) is 9.69 Å². The first-order valence-corrected chi connectivity index (χ1v) is 6.87. The molecule has 0 spiro atoms. The molecule has 18 heavy (non-hydrogen) atoms. The Bertz CT molecular complexity index is 426. The largest absolute Gasteiger partial charge is 0.362 e. The predicted octanol–water partition coefficient (Wildman–Crippen LogP) is 2.79. The second-order valence-corrected chi connectivity index (χ2v) is 6.05. The highest BCUT2D eigenvalue weighted by molar-refractivity contribution is 5.98. The van der Waals surface area contributed by atoms with Gasteiger partial charge in [0.1, 0.15) is 0 Å². The lowest BCUT2D eigenvalue weighted by Crippen LogP contribution is -2.41. The van der Waals surface area contributed by atoms with Gasteiger partial charge in [-0.1, -0.05) is 13.8 Å². The molecule has 3 heteroatoms. The van der Waals surface area contributed by atoms with E-state index in [0.29, 0.717) is 18.4 Å². The Kier molecular flexibility index (Phi) is 3.91. The molecule has 0 aliphatic carbocycles. The number of aryl methyl sites for hydroxylation is 2. The number of carbonyl (C=O) groups excluding carboxylic acids is 1. The van der Waals surface area contributed by atoms with Crippen molar-refractivity contribution < 1.29 is 4.79 Å². The van der Waals surface area contributed by atoms with Crippen LogP contribution in [0.4, 0.5) is 0 Å². The van der Waals surface area contributed by atoms with Gasteiger partial charge in [0.05, 0.1) is 6.54 Å². The number of rotatable bonds is 3. The van der Waals surface area contributed by atoms with Crippen LogP contribution in [-0.2, 0) is 0 Å². The quantitative estimate of drug-likeness (QED) is 0.835. The zero-order valence-electron chi connectivity index (χ0n) is 11.9. The molecule has 100 valence electrons. The standard InChI is InChI=1S/C15H24N2O/c1-10-5-11(2)8-17(7-10)9-15(18)14-6-12(3)16-13(14)4/h6,10-11,16H,5,7-9H2,1-4H3. The van der Waals surface area contributed by atoms with Gasteiger partial charge in [-0.2, -0.15) is 0 Å². The highest BCUT2D eigenvalue weighted by Crippen LogP contribution is 2.21. The zero-order chi connectivity index (χ0) is 13.3. The number of Topliss-reactive ketones (excluding diaryl/α,β-unsaturated/α-hetero) is 1. The van der Waals surface area contributed by atoms with Crippen LogP contribution in [0, 0.1) is 25.7 Å². The molecule has 1 aromatic heterocycles. The van der Waals surface area contributed by atoms with Gasteiger partial charge in [0.2, 0.25) is 0 Å². The zero-order valence-corrected chi connectivity index (χ0v) is 11.9. The van der Waals surface area contributed by atoms with E-state index in [0.717, 1.165) is 30.0 Å². The van der Waals surface area contributed by atoms with Crippen LogP contribution < -0.4 is 0 Å². The average molecular weight is 248 g/mol. The van der Waals surface area contributed by atoms with Crippen molar-refractivity contribution >= 4 is 5.78 Å². The molecule has 1 aromatic rings. The van der Waals surface area contributed by atoms with Crippen LogP contribution in [-0.4, -0.2) is 35.3 Å². The van der Waals surface area contributed by atoms with E-state index >= 15 is 0 Å². The lowest BCUT2D eigenvalue weighted by atomic mass is 9.91. The molecule has 0 saturated carbocycles. The van der Waals surface area contributed by atoms with Gasteiger partial charge in [-0.05, 0) is 38.2 Å². The summed E-state index contributed by atoms with van der Waals surface area (Å²) in [6.07, 6.45) is 1.28. The number of nitrogens with zero attached hydrogens (tertiary/aromatic N) is 1. The van der Waals surface area contributed by atoms with E-state index in [4.69, 9.17) is 0 Å². The first-order chi connectivity index (χ1) is 8.45. The lowest BCUT2D eigenvalue weighted by molar-refractivity contribution is 0.0849. The molecule has 2 unspecified atom stereocenters. The molecule has 2 atom stereocenters. The number of piperidine rings is 1. The van der Waals surface area contributed by atoms with Gasteiger partial charge in [0.15, 0.2) is 5.78 Å². The monoisotopic (exact) mass is 248 g/mol. The minimum Gasteiger partial charge on any atom is -0.362 e. The van der Waals surface area contributed by atoms with Gasteiger partial charge in [-0.15, -0.1) is 0 Å². The summed E-state index contributed by atoms with van der Waals surface area (Å²) >= 11 is 0. The smallest absolute Gasteiger partial charge is 0.178 e. The molecule has 0 radical (unpaired) electrons. The van der Waals surface area contributed by atoms with Crippen LogP contribution in [0.3, 0.4) is 0 Å². The average Bonchev–Trinajstić information content (AvgIpc) is 2.56. The molecule has 1 aliphatic heterocycles. The van der Waals surface area contributed by atoms with E-state index in [1.165, 1.54) is 6.42 Å². The maximum Gasteiger partial charge on any atom is 0.178 e. The van der Waals surface area contributed by atoms with E-state index in [-0.39, 0.29) is 5.78 Å². The van der Waals surface area contributed by atoms with E-state index < -0.39 is 0 Å². The third-order valence-electron chi connectivity index (χ3n) is 3.76. The van der Waals surface area contributed by atoms with Gasteiger partial charge < -0.3 is 4.98 Å². The fourth-order valence-electron chi connectivity index (χ4n) is 3.22. The molecule has 3 nitrogen and oxygen atoms in total. The first-order valence-electron chi connectivity index (χ1n) is 6.87. The number of carbonyl (C=O) groups is 1. The van der Waals surface area contributed by atoms with Crippen molar-refractivity contribution in [3.63, 3.8) is 0 Å². The molecular weight excluding hydrogens is 224 g/mol. The Morgan fingerprint density at radius 2 is 1.94 bits per heavy atom. The fourth-order valence-corrected chi connectivity index (χ4v) is 3.22. The van der Waals surface area contributed by atoms with Gasteiger partial charge >= 0.3 is 0 Å². The van der Waals surface area contributed by atoms with E-state index in [2.05, 4.69) is 23.7 Å². The van der Waals surface area contributed by atoms with Crippen molar-refractivity contribution in [2.75, 3.05) is 19.6 Å². The summed E-state index contributed by atoms with van der Waals surface area (Å²) in [7, 11) is 0. The summed E-state index contributed by atoms with van der Waals surface area (Å²) < 4.78 is 0. The third-order valence-corrected chi connectivity index (χ3v) is 3.76. The number of ketones is 1. The highest BCUT2D eigenvalue weighted by atomic mass is 16.1. The number of likely N-dealkylation sites (tertiary alicyclic amines) is 1. The van der Waals surface area contributed by atoms with Crippen LogP contribution in [0.5, 0.6) is 0 Å². The summed E-state index contributed by atoms with van der Waals surface area (Å²) in [6, 6.07) is 1.97. The van der Waals surface area contributed by atoms with Gasteiger partial charge in [0, 0.05) is 30.0 Å². The Morgan fingerprint density at radius 1 is 1.33 bits per heavy atom. The minimum absolute atomic E-state index is 0.248. The number of hydrogen-bond donors (Lipinski definition) is 1. The second-order valence-electron chi connectivity index (χ2n) is 6.05. The van der Waals surface area contributed by atoms with Crippen molar-refractivity contribution in [1.82, 2.24) is 9.88 Å². The van der Waals surface area contributed by atoms with E-state index in [9.17, 15) is 4.79 Å². The van der Waals surface area contributed by atoms with Crippen LogP contribution in [0.15, 0.2) is 6.07 Å². The van der Waals surface area contributed by atoms with Crippen molar-refractivity contribution in [3.8, 4) is 0 Å². The van der Waals surface area contributed by atoms with Crippen molar-refractivity contribution in [1.29, 1.82) is 0 Å². The summed E-state index contributed by atoms with van der Waals surface area (Å²) in [5.74, 6) is 1.66. The Labute approximate surface area is 110 Å². The predicted molar refractivity (Wildman–Crippen MR) is 74.0 cm³/mol. The number of H-pyrrole nitrogens is 1. The maximum atomic E-state index is 12.3. The second kappa shape index (κ2) is 5.27. The molecular formula is C15H24N2O. The normalized spacial score (nSPS) is 25.3. The maximum absolute atomic E-state index is 12.3. The lowest BCUT2D eigenvalue weighted by Gasteiger charge is -2.34. The van der Waals surface area contributed by atoms with Gasteiger partial charge in [0.25, 0.3) is 0 Å². The van der Waals surface area contributed by atoms with Gasteiger partial charge in [-0.25, -0.2) is 0 Å². The van der Waals surface area contributed by atoms with E-state index in [1.807, 2.05) is 19.9 Å². The number of aromatic nitrogens is 1. The van der Waals surface area contributed by atoms with Crippen LogP contribution in [0.1, 0.15) is 42.0 Å². The van der Waals surface area contributed by atoms with Crippen molar-refractivity contribution in [2.45, 2.75) is 34.1 Å². The Morgan fingerprint density at radius 3 is 2.44 bits per heavy atom. The molecule has 0 amide bonds. The SMILES string of the molecule is Cc1cc(C(=O)CN2CC(C)CC(C)C2)c(C)[nH]1. The van der Waals surface area contributed by atoms with Crippen molar-refractivity contribution in [2.24, 2.45) is 11.8 Å². The molecule has 0 aromatic carbocycles. The minimum atomic E-state index is 0.248. The summed E-state index contributed by atoms with van der Waals surface area (Å²) in [4.78, 5) is 17.8. The van der Waals surface area contributed by atoms with Crippen molar-refractivity contribution in [3.05, 3.63) is 23.0 Å². The molecule has 1 saturated heterocycles. The van der Waals surface area contributed by atoms with E-state index in [1.54, 1.807) is 0 Å². The fraction of sp³-hybridized carbons (Fsp3) is 0.667. The Balaban J connectivity index is 2.01. The molecule has 2 heterocycles. The molecule has 2 rings (SSSR count). The topological polar surface area (TPSA) is 36.1 Å². The van der Waals surface area contributed by atoms with Crippen LogP contribution in [0.25, 0.3) is 0 Å². The van der Waals surface area contributed by atoms with Crippen LogP contribution >= 0.6 is 0 Å². The Hall–Kier alpha value is -1.09. The molecule has 1 aliphatic rings. The summed E-state index contributed by atoms with van der Waals surface area (Å²) in [5.41, 5.74) is 2.92. The first kappa shape index (κ1) is 13.3. The molecule has 1 N–H and O–H groups in total. The number of aromatic amines is 1.